The Morgan fingerprint density at radius 1 is 1.13 bits per heavy atom. The second kappa shape index (κ2) is 9.00. The van der Waals surface area contributed by atoms with Crippen LogP contribution in [0.5, 0.6) is 0 Å². The van der Waals surface area contributed by atoms with E-state index >= 15 is 0 Å². The van der Waals surface area contributed by atoms with Gasteiger partial charge in [-0.05, 0) is 17.7 Å². The summed E-state index contributed by atoms with van der Waals surface area (Å²) >= 11 is 1.37. The van der Waals surface area contributed by atoms with Crippen LogP contribution in [0.4, 0.5) is 0 Å². The van der Waals surface area contributed by atoms with Crippen molar-refractivity contribution in [2.45, 2.75) is 18.2 Å². The molecule has 0 fully saturated rings. The van der Waals surface area contributed by atoms with E-state index < -0.39 is 0 Å². The van der Waals surface area contributed by atoms with Crippen LogP contribution in [0.15, 0.2) is 70.7 Å². The van der Waals surface area contributed by atoms with Crippen molar-refractivity contribution in [1.29, 1.82) is 0 Å². The molecule has 30 heavy (non-hydrogen) atoms. The van der Waals surface area contributed by atoms with E-state index in [1.807, 2.05) is 60.3 Å². The fraction of sp³-hybridized carbons (Fsp3) is 0.238. The predicted octanol–water partition coefficient (Wildman–Crippen LogP) is 3.07. The standard InChI is InChI=1S/C21H22N6O2S/c1-25(12-17-11-22-26(2)13-17)19(28)15-30-21-24-23-20(18-9-6-10-29-18)27(21)14-16-7-4-3-5-8-16/h3-11,13H,12,14-15H2,1-2H3. The molecule has 1 aromatic carbocycles. The van der Waals surface area contributed by atoms with Crippen LogP contribution >= 0.6 is 11.8 Å². The van der Waals surface area contributed by atoms with E-state index in [9.17, 15) is 4.79 Å². The molecule has 0 atom stereocenters. The Hall–Kier alpha value is -3.33. The Bertz CT molecular complexity index is 1100. The number of thioether (sulfide) groups is 1. The number of nitrogens with zero attached hydrogens (tertiary/aromatic N) is 6. The van der Waals surface area contributed by atoms with Crippen LogP contribution in [-0.2, 0) is 24.9 Å². The largest absolute Gasteiger partial charge is 0.461 e. The van der Waals surface area contributed by atoms with Gasteiger partial charge in [-0.2, -0.15) is 5.10 Å². The SMILES string of the molecule is CN(Cc1cnn(C)c1)C(=O)CSc1nnc(-c2ccco2)n1Cc1ccccc1. The van der Waals surface area contributed by atoms with Gasteiger partial charge in [0.1, 0.15) is 0 Å². The molecule has 9 heteroatoms. The lowest BCUT2D eigenvalue weighted by Crippen LogP contribution is -2.27. The Kier molecular flexibility index (Phi) is 5.99. The third-order valence-electron chi connectivity index (χ3n) is 4.57. The number of furan rings is 1. The number of benzene rings is 1. The van der Waals surface area contributed by atoms with Gasteiger partial charge in [0.2, 0.25) is 11.7 Å². The third-order valence-corrected chi connectivity index (χ3v) is 5.52. The molecular formula is C21H22N6O2S. The van der Waals surface area contributed by atoms with E-state index in [1.165, 1.54) is 11.8 Å². The van der Waals surface area contributed by atoms with Crippen molar-refractivity contribution in [2.24, 2.45) is 7.05 Å². The third kappa shape index (κ3) is 4.62. The molecule has 3 aromatic heterocycles. The second-order valence-electron chi connectivity index (χ2n) is 6.92. The van der Waals surface area contributed by atoms with E-state index in [-0.39, 0.29) is 11.7 Å². The van der Waals surface area contributed by atoms with E-state index in [4.69, 9.17) is 4.42 Å². The summed E-state index contributed by atoms with van der Waals surface area (Å²) in [4.78, 5) is 14.3. The Labute approximate surface area is 178 Å². The molecular weight excluding hydrogens is 400 g/mol. The van der Waals surface area contributed by atoms with E-state index in [0.29, 0.717) is 29.8 Å². The molecule has 0 aliphatic carbocycles. The van der Waals surface area contributed by atoms with E-state index in [1.54, 1.807) is 29.1 Å². The van der Waals surface area contributed by atoms with Crippen molar-refractivity contribution in [3.8, 4) is 11.6 Å². The Morgan fingerprint density at radius 2 is 1.97 bits per heavy atom. The van der Waals surface area contributed by atoms with Gasteiger partial charge in [0, 0.05) is 32.4 Å². The molecule has 0 radical (unpaired) electrons. The molecule has 1 amide bonds. The average Bonchev–Trinajstić information content (AvgIpc) is 3.49. The van der Waals surface area contributed by atoms with Crippen LogP contribution in [-0.4, -0.2) is 48.2 Å². The fourth-order valence-corrected chi connectivity index (χ4v) is 3.92. The number of rotatable bonds is 8. The summed E-state index contributed by atoms with van der Waals surface area (Å²) in [5.41, 5.74) is 2.11. The molecule has 0 saturated heterocycles. The molecule has 8 nitrogen and oxygen atoms in total. The number of aryl methyl sites for hydroxylation is 1. The van der Waals surface area contributed by atoms with Crippen LogP contribution in [0, 0.1) is 0 Å². The molecule has 4 rings (SSSR count). The molecule has 0 N–H and O–H groups in total. The van der Waals surface area contributed by atoms with E-state index in [0.717, 1.165) is 11.1 Å². The van der Waals surface area contributed by atoms with Gasteiger partial charge >= 0.3 is 0 Å². The van der Waals surface area contributed by atoms with Crippen molar-refractivity contribution in [1.82, 2.24) is 29.4 Å². The van der Waals surface area contributed by atoms with Crippen molar-refractivity contribution in [3.05, 3.63) is 72.2 Å². The molecule has 0 aliphatic heterocycles. The van der Waals surface area contributed by atoms with Gasteiger partial charge in [-0.1, -0.05) is 42.1 Å². The van der Waals surface area contributed by atoms with Crippen LogP contribution in [0.3, 0.4) is 0 Å². The zero-order valence-corrected chi connectivity index (χ0v) is 17.6. The van der Waals surface area contributed by atoms with Crippen LogP contribution in [0.1, 0.15) is 11.1 Å². The smallest absolute Gasteiger partial charge is 0.233 e. The molecule has 3 heterocycles. The lowest BCUT2D eigenvalue weighted by molar-refractivity contribution is -0.127. The Balaban J connectivity index is 1.48. The van der Waals surface area contributed by atoms with Gasteiger partial charge in [0.05, 0.1) is 24.8 Å². The van der Waals surface area contributed by atoms with Crippen LogP contribution in [0.2, 0.25) is 0 Å². The van der Waals surface area contributed by atoms with Crippen molar-refractivity contribution < 1.29 is 9.21 Å². The van der Waals surface area contributed by atoms with Gasteiger partial charge in [0.25, 0.3) is 0 Å². The molecule has 154 valence electrons. The van der Waals surface area contributed by atoms with Gasteiger partial charge < -0.3 is 9.32 Å². The molecule has 0 spiro atoms. The molecule has 4 aromatic rings. The molecule has 0 saturated carbocycles. The summed E-state index contributed by atoms with van der Waals surface area (Å²) in [6, 6.07) is 13.7. The van der Waals surface area contributed by atoms with Gasteiger partial charge in [0.15, 0.2) is 10.9 Å². The lowest BCUT2D eigenvalue weighted by atomic mass is 10.2. The highest BCUT2D eigenvalue weighted by Gasteiger charge is 2.19. The average molecular weight is 423 g/mol. The van der Waals surface area contributed by atoms with Crippen molar-refractivity contribution in [2.75, 3.05) is 12.8 Å². The van der Waals surface area contributed by atoms with Gasteiger partial charge in [-0.15, -0.1) is 10.2 Å². The number of carbonyl (C=O) groups excluding carboxylic acids is 1. The molecule has 0 unspecified atom stereocenters. The topological polar surface area (TPSA) is 82.0 Å². The summed E-state index contributed by atoms with van der Waals surface area (Å²) < 4.78 is 9.23. The summed E-state index contributed by atoms with van der Waals surface area (Å²) in [6.45, 7) is 1.10. The summed E-state index contributed by atoms with van der Waals surface area (Å²) in [6.07, 6.45) is 5.28. The number of aromatic nitrogens is 5. The highest BCUT2D eigenvalue weighted by molar-refractivity contribution is 7.99. The van der Waals surface area contributed by atoms with Crippen molar-refractivity contribution in [3.63, 3.8) is 0 Å². The van der Waals surface area contributed by atoms with Crippen LogP contribution in [0.25, 0.3) is 11.6 Å². The first-order chi connectivity index (χ1) is 14.6. The zero-order valence-electron chi connectivity index (χ0n) is 16.8. The maximum absolute atomic E-state index is 12.6. The number of hydrogen-bond donors (Lipinski definition) is 0. The summed E-state index contributed by atoms with van der Waals surface area (Å²) in [5.74, 6) is 1.56. The minimum absolute atomic E-state index is 0.0117. The van der Waals surface area contributed by atoms with Gasteiger partial charge in [-0.25, -0.2) is 0 Å². The summed E-state index contributed by atoms with van der Waals surface area (Å²) in [7, 11) is 3.65. The molecule has 0 bridgehead atoms. The predicted molar refractivity (Wildman–Crippen MR) is 114 cm³/mol. The van der Waals surface area contributed by atoms with E-state index in [2.05, 4.69) is 15.3 Å². The van der Waals surface area contributed by atoms with Gasteiger partial charge in [-0.3, -0.25) is 14.0 Å². The first-order valence-corrected chi connectivity index (χ1v) is 10.4. The maximum Gasteiger partial charge on any atom is 0.233 e. The lowest BCUT2D eigenvalue weighted by Gasteiger charge is -2.16. The highest BCUT2D eigenvalue weighted by atomic mass is 32.2. The number of hydrogen-bond acceptors (Lipinski definition) is 6. The maximum atomic E-state index is 12.6. The van der Waals surface area contributed by atoms with Crippen molar-refractivity contribution >= 4 is 17.7 Å². The fourth-order valence-electron chi connectivity index (χ4n) is 3.04. The first-order valence-electron chi connectivity index (χ1n) is 9.45. The second-order valence-corrected chi connectivity index (χ2v) is 7.86. The highest BCUT2D eigenvalue weighted by Crippen LogP contribution is 2.25. The van der Waals surface area contributed by atoms with Crippen LogP contribution < -0.4 is 0 Å². The number of carbonyl (C=O) groups is 1. The quantitative estimate of drug-likeness (QED) is 0.406. The number of amides is 1. The normalized spacial score (nSPS) is 11.0. The summed E-state index contributed by atoms with van der Waals surface area (Å²) in [5, 5.41) is 13.4. The molecule has 0 aliphatic rings. The minimum atomic E-state index is 0.0117. The zero-order chi connectivity index (χ0) is 20.9. The first kappa shape index (κ1) is 20.0. The minimum Gasteiger partial charge on any atom is -0.461 e. The Morgan fingerprint density at radius 3 is 2.67 bits per heavy atom. The monoisotopic (exact) mass is 422 g/mol.